The van der Waals surface area contributed by atoms with Crippen LogP contribution in [0.25, 0.3) is 10.9 Å². The number of aromatic nitrogens is 5. The van der Waals surface area contributed by atoms with Crippen molar-refractivity contribution in [2.45, 2.75) is 57.5 Å². The number of nitrogens with zero attached hydrogens (tertiary/aromatic N) is 7. The number of pyridine rings is 1. The van der Waals surface area contributed by atoms with Crippen LogP contribution in [-0.2, 0) is 0 Å². The Kier molecular flexibility index (Phi) is 5.78. The van der Waals surface area contributed by atoms with E-state index >= 15 is 0 Å². The zero-order chi connectivity index (χ0) is 24.0. The van der Waals surface area contributed by atoms with E-state index in [0.717, 1.165) is 10.9 Å². The van der Waals surface area contributed by atoms with Crippen LogP contribution in [0, 0.1) is 0 Å². The lowest BCUT2D eigenvalue weighted by Crippen LogP contribution is -2.43. The SMILES string of the molecule is CC(C)n1nc(N2C[C@@H](O)[C@@H](O)C2)c2cnc(Nc3ccnc(N4CCC(C)(O)CC4)n3)cc21. The molecule has 0 aliphatic carbocycles. The number of rotatable bonds is 5. The summed E-state index contributed by atoms with van der Waals surface area (Å²) in [4.78, 5) is 17.6. The van der Waals surface area contributed by atoms with Gasteiger partial charge in [-0.2, -0.15) is 10.1 Å². The van der Waals surface area contributed by atoms with Crippen molar-refractivity contribution >= 4 is 34.3 Å². The highest BCUT2D eigenvalue weighted by atomic mass is 16.3. The van der Waals surface area contributed by atoms with Gasteiger partial charge in [-0.15, -0.1) is 0 Å². The number of anilines is 4. The molecule has 2 saturated heterocycles. The highest BCUT2D eigenvalue weighted by molar-refractivity contribution is 5.92. The van der Waals surface area contributed by atoms with E-state index in [9.17, 15) is 15.3 Å². The van der Waals surface area contributed by atoms with E-state index in [2.05, 4.69) is 39.0 Å². The van der Waals surface area contributed by atoms with Crippen LogP contribution in [0.5, 0.6) is 0 Å². The average molecular weight is 469 g/mol. The Bertz CT molecular complexity index is 1160. The highest BCUT2D eigenvalue weighted by Gasteiger charge is 2.32. The third-order valence-corrected chi connectivity index (χ3v) is 6.64. The number of hydrogen-bond donors (Lipinski definition) is 4. The fourth-order valence-electron chi connectivity index (χ4n) is 4.54. The molecule has 0 bridgehead atoms. The Morgan fingerprint density at radius 3 is 2.44 bits per heavy atom. The van der Waals surface area contributed by atoms with Gasteiger partial charge in [-0.05, 0) is 39.7 Å². The predicted octanol–water partition coefficient (Wildman–Crippen LogP) is 1.44. The zero-order valence-electron chi connectivity index (χ0n) is 19.8. The van der Waals surface area contributed by atoms with Crippen molar-refractivity contribution in [1.82, 2.24) is 24.7 Å². The Labute approximate surface area is 198 Å². The summed E-state index contributed by atoms with van der Waals surface area (Å²) in [6, 6.07) is 3.85. The minimum Gasteiger partial charge on any atom is -0.390 e. The maximum Gasteiger partial charge on any atom is 0.227 e. The smallest absolute Gasteiger partial charge is 0.227 e. The molecule has 0 radical (unpaired) electrons. The van der Waals surface area contributed by atoms with Crippen LogP contribution in [0.15, 0.2) is 24.5 Å². The standard InChI is InChI=1S/C23H32N8O3/c1-14(2)31-16-10-20(25-11-15(16)21(28-31)30-12-17(32)18(33)13-30)26-19-4-7-24-22(27-19)29-8-5-23(3,34)6-9-29/h4,7,10-11,14,17-18,32-34H,5-6,8-9,12-13H2,1-3H3,(H,24,25,26,27)/t17-,18+. The summed E-state index contributed by atoms with van der Waals surface area (Å²) in [7, 11) is 0. The Balaban J connectivity index is 1.40. The molecule has 5 heterocycles. The number of aliphatic hydroxyl groups excluding tert-OH is 2. The number of hydrogen-bond acceptors (Lipinski definition) is 10. The van der Waals surface area contributed by atoms with Gasteiger partial charge < -0.3 is 30.4 Å². The molecule has 2 aliphatic heterocycles. The molecular formula is C23H32N8O3. The molecule has 0 aromatic carbocycles. The number of aliphatic hydroxyl groups is 3. The zero-order valence-corrected chi connectivity index (χ0v) is 19.8. The first kappa shape index (κ1) is 22.8. The number of fused-ring (bicyclic) bond motifs is 1. The quantitative estimate of drug-likeness (QED) is 0.435. The average Bonchev–Trinajstić information content (AvgIpc) is 3.33. The van der Waals surface area contributed by atoms with E-state index in [1.165, 1.54) is 0 Å². The second-order valence-corrected chi connectivity index (χ2v) is 9.84. The summed E-state index contributed by atoms with van der Waals surface area (Å²) >= 11 is 0. The molecule has 2 fully saturated rings. The first-order valence-electron chi connectivity index (χ1n) is 11.8. The number of nitrogens with one attached hydrogen (secondary N) is 1. The van der Waals surface area contributed by atoms with E-state index in [4.69, 9.17) is 5.10 Å². The Hall–Kier alpha value is -3.02. The molecule has 11 heteroatoms. The lowest BCUT2D eigenvalue weighted by molar-refractivity contribution is 0.0349. The predicted molar refractivity (Wildman–Crippen MR) is 130 cm³/mol. The molecule has 4 N–H and O–H groups in total. The maximum absolute atomic E-state index is 10.2. The van der Waals surface area contributed by atoms with Gasteiger partial charge in [0.1, 0.15) is 11.6 Å². The molecule has 2 atom stereocenters. The monoisotopic (exact) mass is 468 g/mol. The lowest BCUT2D eigenvalue weighted by atomic mass is 9.94. The Morgan fingerprint density at radius 2 is 1.76 bits per heavy atom. The molecular weight excluding hydrogens is 436 g/mol. The minimum absolute atomic E-state index is 0.117. The van der Waals surface area contributed by atoms with E-state index in [1.54, 1.807) is 18.5 Å². The molecule has 182 valence electrons. The van der Waals surface area contributed by atoms with Crippen molar-refractivity contribution in [3.05, 3.63) is 24.5 Å². The van der Waals surface area contributed by atoms with Gasteiger partial charge in [0.15, 0.2) is 5.82 Å². The van der Waals surface area contributed by atoms with Crippen LogP contribution >= 0.6 is 0 Å². The third kappa shape index (κ3) is 4.38. The minimum atomic E-state index is -0.786. The van der Waals surface area contributed by atoms with Crippen LogP contribution in [0.3, 0.4) is 0 Å². The summed E-state index contributed by atoms with van der Waals surface area (Å²) < 4.78 is 1.93. The fraction of sp³-hybridized carbons (Fsp3) is 0.565. The number of β-amino-alcohol motifs (C(OH)–C–C–N with tert-alkyl or cyclic N) is 2. The van der Waals surface area contributed by atoms with Gasteiger partial charge in [0, 0.05) is 50.7 Å². The molecule has 0 unspecified atom stereocenters. The second kappa shape index (κ2) is 8.64. The van der Waals surface area contributed by atoms with Gasteiger partial charge >= 0.3 is 0 Å². The highest BCUT2D eigenvalue weighted by Crippen LogP contribution is 2.32. The van der Waals surface area contributed by atoms with Crippen molar-refractivity contribution < 1.29 is 15.3 Å². The lowest BCUT2D eigenvalue weighted by Gasteiger charge is -2.35. The molecule has 0 amide bonds. The molecule has 0 saturated carbocycles. The Morgan fingerprint density at radius 1 is 1.06 bits per heavy atom. The molecule has 2 aliphatic rings. The first-order chi connectivity index (χ1) is 16.2. The summed E-state index contributed by atoms with van der Waals surface area (Å²) in [5, 5.41) is 39.1. The molecule has 5 rings (SSSR count). The van der Waals surface area contributed by atoms with Gasteiger partial charge in [-0.25, -0.2) is 9.97 Å². The van der Waals surface area contributed by atoms with E-state index < -0.39 is 17.8 Å². The van der Waals surface area contributed by atoms with Crippen molar-refractivity contribution in [2.75, 3.05) is 41.3 Å². The van der Waals surface area contributed by atoms with Gasteiger partial charge in [-0.1, -0.05) is 0 Å². The molecule has 3 aromatic rings. The van der Waals surface area contributed by atoms with E-state index in [0.29, 0.717) is 62.4 Å². The summed E-state index contributed by atoms with van der Waals surface area (Å²) in [6.07, 6.45) is 3.27. The van der Waals surface area contributed by atoms with Gasteiger partial charge in [0.2, 0.25) is 5.95 Å². The molecule has 34 heavy (non-hydrogen) atoms. The van der Waals surface area contributed by atoms with Crippen molar-refractivity contribution in [2.24, 2.45) is 0 Å². The first-order valence-corrected chi connectivity index (χ1v) is 11.8. The summed E-state index contributed by atoms with van der Waals surface area (Å²) in [6.45, 7) is 8.07. The maximum atomic E-state index is 10.2. The second-order valence-electron chi connectivity index (χ2n) is 9.84. The van der Waals surface area contributed by atoms with Crippen molar-refractivity contribution in [3.63, 3.8) is 0 Å². The van der Waals surface area contributed by atoms with Crippen LogP contribution in [0.2, 0.25) is 0 Å². The van der Waals surface area contributed by atoms with Crippen LogP contribution < -0.4 is 15.1 Å². The van der Waals surface area contributed by atoms with E-state index in [1.807, 2.05) is 22.6 Å². The molecule has 11 nitrogen and oxygen atoms in total. The topological polar surface area (TPSA) is 136 Å². The van der Waals surface area contributed by atoms with Gasteiger partial charge in [-0.3, -0.25) is 4.68 Å². The van der Waals surface area contributed by atoms with E-state index in [-0.39, 0.29) is 6.04 Å². The fourth-order valence-corrected chi connectivity index (χ4v) is 4.54. The third-order valence-electron chi connectivity index (χ3n) is 6.64. The van der Waals surface area contributed by atoms with Crippen molar-refractivity contribution in [1.29, 1.82) is 0 Å². The molecule has 0 spiro atoms. The van der Waals surface area contributed by atoms with Crippen LogP contribution in [-0.4, -0.2) is 84.0 Å². The summed E-state index contributed by atoms with van der Waals surface area (Å²) in [5.41, 5.74) is 0.278. The van der Waals surface area contributed by atoms with Crippen LogP contribution in [0.4, 0.5) is 23.4 Å². The van der Waals surface area contributed by atoms with Gasteiger partial charge in [0.25, 0.3) is 0 Å². The van der Waals surface area contributed by atoms with Gasteiger partial charge in [0.05, 0.1) is 28.7 Å². The largest absolute Gasteiger partial charge is 0.390 e. The van der Waals surface area contributed by atoms with Crippen LogP contribution in [0.1, 0.15) is 39.7 Å². The van der Waals surface area contributed by atoms with Crippen molar-refractivity contribution in [3.8, 4) is 0 Å². The summed E-state index contributed by atoms with van der Waals surface area (Å²) in [5.74, 6) is 2.61. The normalized spacial score (nSPS) is 22.7. The molecule has 3 aromatic heterocycles. The number of piperidine rings is 1.